The van der Waals surface area contributed by atoms with Crippen molar-refractivity contribution in [2.75, 3.05) is 6.26 Å². The van der Waals surface area contributed by atoms with E-state index < -0.39 is 0 Å². The molecule has 0 N–H and O–H groups in total. The molecular formula is C10H14S. The first-order chi connectivity index (χ1) is 5.25. The molecule has 1 aromatic rings. The van der Waals surface area contributed by atoms with Crippen LogP contribution in [0.5, 0.6) is 0 Å². The smallest absolute Gasteiger partial charge is 0.0268 e. The van der Waals surface area contributed by atoms with Gasteiger partial charge in [0.15, 0.2) is 0 Å². The number of rotatable bonds is 2. The summed E-state index contributed by atoms with van der Waals surface area (Å²) in [7, 11) is 0. The van der Waals surface area contributed by atoms with E-state index in [0.717, 1.165) is 0 Å². The normalized spacial score (nSPS) is 13.0. The van der Waals surface area contributed by atoms with Crippen molar-refractivity contribution in [2.45, 2.75) is 19.1 Å². The maximum Gasteiger partial charge on any atom is 0.0268 e. The van der Waals surface area contributed by atoms with Gasteiger partial charge in [-0.15, -0.1) is 0 Å². The van der Waals surface area contributed by atoms with E-state index in [-0.39, 0.29) is 0 Å². The summed E-state index contributed by atoms with van der Waals surface area (Å²) in [5.41, 5.74) is 2.86. The molecule has 0 saturated heterocycles. The molecule has 0 aliphatic heterocycles. The molecule has 0 spiro atoms. The maximum absolute atomic E-state index is 2.24. The summed E-state index contributed by atoms with van der Waals surface area (Å²) in [6.07, 6.45) is 2.15. The highest BCUT2D eigenvalue weighted by atomic mass is 32.2. The second-order valence-corrected chi connectivity index (χ2v) is 3.91. The lowest BCUT2D eigenvalue weighted by atomic mass is 10.1. The predicted molar refractivity (Wildman–Crippen MR) is 53.1 cm³/mol. The van der Waals surface area contributed by atoms with Gasteiger partial charge < -0.3 is 0 Å². The van der Waals surface area contributed by atoms with Gasteiger partial charge in [-0.1, -0.05) is 24.3 Å². The maximum atomic E-state index is 2.24. The summed E-state index contributed by atoms with van der Waals surface area (Å²) in [5, 5.41) is 0.621. The average Bonchev–Trinajstić information content (AvgIpc) is 2.04. The third-order valence-electron chi connectivity index (χ3n) is 1.98. The summed E-state index contributed by atoms with van der Waals surface area (Å²) in [4.78, 5) is 0. The zero-order valence-electron chi connectivity index (χ0n) is 7.29. The molecule has 0 amide bonds. The Morgan fingerprint density at radius 2 is 1.91 bits per heavy atom. The van der Waals surface area contributed by atoms with Crippen LogP contribution in [-0.4, -0.2) is 6.26 Å². The number of thioether (sulfide) groups is 1. The van der Waals surface area contributed by atoms with Gasteiger partial charge in [0.2, 0.25) is 0 Å². The van der Waals surface area contributed by atoms with Crippen molar-refractivity contribution in [1.29, 1.82) is 0 Å². The number of hydrogen-bond acceptors (Lipinski definition) is 1. The molecule has 1 rings (SSSR count). The van der Waals surface area contributed by atoms with Crippen molar-refractivity contribution < 1.29 is 0 Å². The van der Waals surface area contributed by atoms with Crippen molar-refractivity contribution in [1.82, 2.24) is 0 Å². The minimum Gasteiger partial charge on any atom is -0.157 e. The topological polar surface area (TPSA) is 0 Å². The van der Waals surface area contributed by atoms with Gasteiger partial charge in [-0.05, 0) is 31.2 Å². The second kappa shape index (κ2) is 3.82. The molecule has 1 heteroatoms. The second-order valence-electron chi connectivity index (χ2n) is 2.73. The number of hydrogen-bond donors (Lipinski definition) is 0. The lowest BCUT2D eigenvalue weighted by molar-refractivity contribution is 1.08. The SMILES string of the molecule is CS[C@@H](C)c1ccccc1C. The number of benzene rings is 1. The van der Waals surface area contributed by atoms with Gasteiger partial charge in [-0.2, -0.15) is 11.8 Å². The Labute approximate surface area is 73.0 Å². The van der Waals surface area contributed by atoms with Crippen LogP contribution in [0.25, 0.3) is 0 Å². The molecule has 0 nitrogen and oxygen atoms in total. The molecule has 0 fully saturated rings. The van der Waals surface area contributed by atoms with Crippen molar-refractivity contribution in [2.24, 2.45) is 0 Å². The summed E-state index contributed by atoms with van der Waals surface area (Å²) in [6.45, 7) is 4.41. The number of aryl methyl sites for hydroxylation is 1. The zero-order valence-corrected chi connectivity index (χ0v) is 8.11. The van der Waals surface area contributed by atoms with Crippen LogP contribution in [0.2, 0.25) is 0 Å². The van der Waals surface area contributed by atoms with E-state index in [0.29, 0.717) is 5.25 Å². The van der Waals surface area contributed by atoms with Crippen molar-refractivity contribution >= 4 is 11.8 Å². The third-order valence-corrected chi connectivity index (χ3v) is 2.94. The minimum atomic E-state index is 0.621. The fraction of sp³-hybridized carbons (Fsp3) is 0.400. The van der Waals surface area contributed by atoms with E-state index >= 15 is 0 Å². The van der Waals surface area contributed by atoms with Crippen LogP contribution in [0, 0.1) is 6.92 Å². The van der Waals surface area contributed by atoms with Crippen LogP contribution < -0.4 is 0 Å². The fourth-order valence-electron chi connectivity index (χ4n) is 1.17. The quantitative estimate of drug-likeness (QED) is 0.648. The van der Waals surface area contributed by atoms with Gasteiger partial charge in [-0.25, -0.2) is 0 Å². The first kappa shape index (κ1) is 8.66. The van der Waals surface area contributed by atoms with Crippen LogP contribution in [0.3, 0.4) is 0 Å². The molecular weight excluding hydrogens is 152 g/mol. The van der Waals surface area contributed by atoms with Crippen LogP contribution in [0.15, 0.2) is 24.3 Å². The van der Waals surface area contributed by atoms with E-state index in [9.17, 15) is 0 Å². The van der Waals surface area contributed by atoms with E-state index in [4.69, 9.17) is 0 Å². The summed E-state index contributed by atoms with van der Waals surface area (Å²) >= 11 is 1.89. The monoisotopic (exact) mass is 166 g/mol. The molecule has 0 aliphatic rings. The lowest BCUT2D eigenvalue weighted by Gasteiger charge is -2.10. The minimum absolute atomic E-state index is 0.621. The average molecular weight is 166 g/mol. The Balaban J connectivity index is 2.93. The Kier molecular flexibility index (Phi) is 3.01. The molecule has 11 heavy (non-hydrogen) atoms. The highest BCUT2D eigenvalue weighted by Crippen LogP contribution is 2.27. The molecule has 0 saturated carbocycles. The van der Waals surface area contributed by atoms with Gasteiger partial charge in [0.1, 0.15) is 0 Å². The van der Waals surface area contributed by atoms with Crippen LogP contribution >= 0.6 is 11.8 Å². The van der Waals surface area contributed by atoms with E-state index in [2.05, 4.69) is 44.4 Å². The molecule has 0 heterocycles. The van der Waals surface area contributed by atoms with Gasteiger partial charge in [0, 0.05) is 5.25 Å². The molecule has 60 valence electrons. The van der Waals surface area contributed by atoms with Crippen LogP contribution in [0.1, 0.15) is 23.3 Å². The Hall–Kier alpha value is -0.430. The van der Waals surface area contributed by atoms with E-state index in [1.807, 2.05) is 11.8 Å². The Bertz CT molecular complexity index is 230. The van der Waals surface area contributed by atoms with Crippen LogP contribution in [0.4, 0.5) is 0 Å². The molecule has 0 bridgehead atoms. The molecule has 1 aromatic carbocycles. The third kappa shape index (κ3) is 2.00. The van der Waals surface area contributed by atoms with Gasteiger partial charge in [-0.3, -0.25) is 0 Å². The standard InChI is InChI=1S/C10H14S/c1-8-6-4-5-7-10(8)9(2)11-3/h4-7,9H,1-3H3/t9-/m0/s1. The lowest BCUT2D eigenvalue weighted by Crippen LogP contribution is -1.90. The van der Waals surface area contributed by atoms with E-state index in [1.165, 1.54) is 11.1 Å². The molecule has 0 radical (unpaired) electrons. The van der Waals surface area contributed by atoms with Crippen molar-refractivity contribution in [3.8, 4) is 0 Å². The summed E-state index contributed by atoms with van der Waals surface area (Å²) < 4.78 is 0. The van der Waals surface area contributed by atoms with Gasteiger partial charge >= 0.3 is 0 Å². The first-order valence-corrected chi connectivity index (χ1v) is 5.13. The molecule has 1 atom stereocenters. The van der Waals surface area contributed by atoms with Gasteiger partial charge in [0.25, 0.3) is 0 Å². The molecule has 0 unspecified atom stereocenters. The van der Waals surface area contributed by atoms with E-state index in [1.54, 1.807) is 0 Å². The molecule has 0 aliphatic carbocycles. The van der Waals surface area contributed by atoms with Gasteiger partial charge in [0.05, 0.1) is 0 Å². The van der Waals surface area contributed by atoms with Crippen LogP contribution in [-0.2, 0) is 0 Å². The van der Waals surface area contributed by atoms with Crippen molar-refractivity contribution in [3.63, 3.8) is 0 Å². The van der Waals surface area contributed by atoms with Crippen molar-refractivity contribution in [3.05, 3.63) is 35.4 Å². The fourth-order valence-corrected chi connectivity index (χ4v) is 1.69. The Morgan fingerprint density at radius 3 is 2.45 bits per heavy atom. The highest BCUT2D eigenvalue weighted by molar-refractivity contribution is 7.98. The first-order valence-electron chi connectivity index (χ1n) is 3.84. The summed E-state index contributed by atoms with van der Waals surface area (Å²) in [6, 6.07) is 8.57. The molecule has 0 aromatic heterocycles. The highest BCUT2D eigenvalue weighted by Gasteiger charge is 2.04. The predicted octanol–water partition coefficient (Wildman–Crippen LogP) is 3.42. The zero-order chi connectivity index (χ0) is 8.27. The summed E-state index contributed by atoms with van der Waals surface area (Å²) in [5.74, 6) is 0. The largest absolute Gasteiger partial charge is 0.157 e. The Morgan fingerprint density at radius 1 is 1.27 bits per heavy atom.